The van der Waals surface area contributed by atoms with E-state index in [4.69, 9.17) is 10.5 Å². The quantitative estimate of drug-likeness (QED) is 0.767. The lowest BCUT2D eigenvalue weighted by Crippen LogP contribution is -2.39. The molecule has 0 radical (unpaired) electrons. The van der Waals surface area contributed by atoms with Crippen molar-refractivity contribution in [1.29, 1.82) is 0 Å². The van der Waals surface area contributed by atoms with Gasteiger partial charge in [-0.25, -0.2) is 8.42 Å². The third kappa shape index (κ3) is 5.28. The van der Waals surface area contributed by atoms with Crippen LogP contribution in [0.15, 0.2) is 30.3 Å². The Hall–Kier alpha value is -0.950. The topological polar surface area (TPSA) is 72.6 Å². The standard InChI is InChI=1S/C13H22N2O3S/c1-12(18-2)11-19(16,17)15(9-8-14)10-13-6-4-3-5-7-13/h3-7,12H,8-11,14H2,1-2H3. The molecule has 108 valence electrons. The monoisotopic (exact) mass is 286 g/mol. The van der Waals surface area contributed by atoms with Crippen LogP contribution in [0.25, 0.3) is 0 Å². The number of hydrogen-bond acceptors (Lipinski definition) is 4. The first-order valence-corrected chi connectivity index (χ1v) is 7.85. The Morgan fingerprint density at radius 3 is 2.47 bits per heavy atom. The Bertz CT molecular complexity index is 462. The van der Waals surface area contributed by atoms with Gasteiger partial charge in [-0.15, -0.1) is 0 Å². The van der Waals surface area contributed by atoms with Crippen LogP contribution in [0.1, 0.15) is 12.5 Å². The summed E-state index contributed by atoms with van der Waals surface area (Å²) in [5, 5.41) is 0. The summed E-state index contributed by atoms with van der Waals surface area (Å²) in [6.07, 6.45) is -0.332. The van der Waals surface area contributed by atoms with E-state index in [-0.39, 0.29) is 11.9 Å². The van der Waals surface area contributed by atoms with Crippen LogP contribution in [0.3, 0.4) is 0 Å². The summed E-state index contributed by atoms with van der Waals surface area (Å²) >= 11 is 0. The first-order chi connectivity index (χ1) is 8.99. The number of nitrogens with two attached hydrogens (primary N) is 1. The van der Waals surface area contributed by atoms with Crippen LogP contribution in [0.4, 0.5) is 0 Å². The van der Waals surface area contributed by atoms with Gasteiger partial charge in [-0.3, -0.25) is 0 Å². The minimum atomic E-state index is -3.37. The number of benzene rings is 1. The van der Waals surface area contributed by atoms with Crippen molar-refractivity contribution in [1.82, 2.24) is 4.31 Å². The fourth-order valence-corrected chi connectivity index (χ4v) is 3.39. The average molecular weight is 286 g/mol. The van der Waals surface area contributed by atoms with Crippen LogP contribution in [-0.4, -0.2) is 44.8 Å². The predicted octanol–water partition coefficient (Wildman–Crippen LogP) is 0.812. The van der Waals surface area contributed by atoms with Gasteiger partial charge in [0, 0.05) is 26.7 Å². The number of ether oxygens (including phenoxy) is 1. The molecule has 5 nitrogen and oxygen atoms in total. The number of hydrogen-bond donors (Lipinski definition) is 1. The second-order valence-electron chi connectivity index (χ2n) is 4.43. The van der Waals surface area contributed by atoms with Crippen molar-refractivity contribution in [3.8, 4) is 0 Å². The maximum absolute atomic E-state index is 12.3. The summed E-state index contributed by atoms with van der Waals surface area (Å²) in [6.45, 7) is 2.69. The highest BCUT2D eigenvalue weighted by atomic mass is 32.2. The van der Waals surface area contributed by atoms with Gasteiger partial charge in [0.15, 0.2) is 0 Å². The third-order valence-corrected chi connectivity index (χ3v) is 4.81. The molecule has 1 unspecified atom stereocenters. The molecule has 2 N–H and O–H groups in total. The average Bonchev–Trinajstić information content (AvgIpc) is 2.39. The van der Waals surface area contributed by atoms with Gasteiger partial charge in [0.25, 0.3) is 0 Å². The lowest BCUT2D eigenvalue weighted by molar-refractivity contribution is 0.135. The van der Waals surface area contributed by atoms with Gasteiger partial charge < -0.3 is 10.5 Å². The van der Waals surface area contributed by atoms with Crippen molar-refractivity contribution < 1.29 is 13.2 Å². The molecule has 0 spiro atoms. The molecular formula is C13H22N2O3S. The summed E-state index contributed by atoms with van der Waals surface area (Å²) in [7, 11) is -1.86. The van der Waals surface area contributed by atoms with E-state index in [9.17, 15) is 8.42 Å². The van der Waals surface area contributed by atoms with E-state index in [2.05, 4.69) is 0 Å². The van der Waals surface area contributed by atoms with Gasteiger partial charge in [0.1, 0.15) is 0 Å². The molecule has 0 fully saturated rings. The zero-order valence-corrected chi connectivity index (χ0v) is 12.3. The normalized spacial score (nSPS) is 13.7. The molecule has 1 aromatic carbocycles. The molecule has 0 aliphatic rings. The lowest BCUT2D eigenvalue weighted by atomic mass is 10.2. The van der Waals surface area contributed by atoms with Crippen LogP contribution < -0.4 is 5.73 Å². The second kappa shape index (κ2) is 7.59. The SMILES string of the molecule is COC(C)CS(=O)(=O)N(CCN)Cc1ccccc1. The Labute approximate surface area is 115 Å². The molecule has 0 bridgehead atoms. The van der Waals surface area contributed by atoms with E-state index in [1.807, 2.05) is 30.3 Å². The molecule has 1 rings (SSSR count). The van der Waals surface area contributed by atoms with Crippen LogP contribution in [0, 0.1) is 0 Å². The van der Waals surface area contributed by atoms with E-state index in [0.29, 0.717) is 19.6 Å². The minimum absolute atomic E-state index is 0.0314. The molecule has 0 heterocycles. The Morgan fingerprint density at radius 2 is 1.95 bits per heavy atom. The molecule has 19 heavy (non-hydrogen) atoms. The van der Waals surface area contributed by atoms with Crippen LogP contribution in [-0.2, 0) is 21.3 Å². The molecular weight excluding hydrogens is 264 g/mol. The molecule has 6 heteroatoms. The van der Waals surface area contributed by atoms with Crippen molar-refractivity contribution >= 4 is 10.0 Å². The van der Waals surface area contributed by atoms with Gasteiger partial charge in [0.05, 0.1) is 11.9 Å². The zero-order valence-electron chi connectivity index (χ0n) is 11.5. The predicted molar refractivity (Wildman–Crippen MR) is 76.2 cm³/mol. The largest absolute Gasteiger partial charge is 0.381 e. The minimum Gasteiger partial charge on any atom is -0.381 e. The van der Waals surface area contributed by atoms with Gasteiger partial charge >= 0.3 is 0 Å². The molecule has 1 aromatic rings. The summed E-state index contributed by atoms with van der Waals surface area (Å²) in [5.41, 5.74) is 6.45. The van der Waals surface area contributed by atoms with Crippen LogP contribution >= 0.6 is 0 Å². The van der Waals surface area contributed by atoms with E-state index in [0.717, 1.165) is 5.56 Å². The van der Waals surface area contributed by atoms with Crippen LogP contribution in [0.5, 0.6) is 0 Å². The number of methoxy groups -OCH3 is 1. The Morgan fingerprint density at radius 1 is 1.32 bits per heavy atom. The van der Waals surface area contributed by atoms with E-state index in [1.165, 1.54) is 11.4 Å². The van der Waals surface area contributed by atoms with Crippen molar-refractivity contribution in [3.05, 3.63) is 35.9 Å². The molecule has 1 atom stereocenters. The Balaban J connectivity index is 2.82. The van der Waals surface area contributed by atoms with E-state index < -0.39 is 10.0 Å². The van der Waals surface area contributed by atoms with E-state index in [1.54, 1.807) is 6.92 Å². The summed E-state index contributed by atoms with van der Waals surface area (Å²) in [4.78, 5) is 0. The first-order valence-electron chi connectivity index (χ1n) is 6.24. The molecule has 0 saturated heterocycles. The fraction of sp³-hybridized carbons (Fsp3) is 0.538. The number of rotatable bonds is 8. The Kier molecular flexibility index (Phi) is 6.44. The summed E-state index contributed by atoms with van der Waals surface area (Å²) in [5.74, 6) is -0.0314. The fourth-order valence-electron chi connectivity index (χ4n) is 1.72. The van der Waals surface area contributed by atoms with Gasteiger partial charge in [-0.1, -0.05) is 30.3 Å². The highest BCUT2D eigenvalue weighted by molar-refractivity contribution is 7.89. The summed E-state index contributed by atoms with van der Waals surface area (Å²) < 4.78 is 31.0. The van der Waals surface area contributed by atoms with Gasteiger partial charge in [-0.2, -0.15) is 4.31 Å². The van der Waals surface area contributed by atoms with Crippen molar-refractivity contribution in [2.45, 2.75) is 19.6 Å². The highest BCUT2D eigenvalue weighted by Crippen LogP contribution is 2.11. The first kappa shape index (κ1) is 16.1. The molecule has 0 aliphatic carbocycles. The van der Waals surface area contributed by atoms with Gasteiger partial charge in [-0.05, 0) is 12.5 Å². The highest BCUT2D eigenvalue weighted by Gasteiger charge is 2.24. The molecule has 0 aliphatic heterocycles. The molecule has 0 saturated carbocycles. The maximum atomic E-state index is 12.3. The summed E-state index contributed by atoms with van der Waals surface area (Å²) in [6, 6.07) is 9.48. The van der Waals surface area contributed by atoms with E-state index >= 15 is 0 Å². The smallest absolute Gasteiger partial charge is 0.216 e. The second-order valence-corrected chi connectivity index (χ2v) is 6.45. The number of sulfonamides is 1. The zero-order chi connectivity index (χ0) is 14.3. The number of nitrogens with zero attached hydrogens (tertiary/aromatic N) is 1. The molecule has 0 aromatic heterocycles. The van der Waals surface area contributed by atoms with Crippen molar-refractivity contribution in [2.75, 3.05) is 26.0 Å². The van der Waals surface area contributed by atoms with Gasteiger partial charge in [0.2, 0.25) is 10.0 Å². The lowest BCUT2D eigenvalue weighted by Gasteiger charge is -2.23. The molecule has 0 amide bonds. The van der Waals surface area contributed by atoms with Crippen LogP contribution in [0.2, 0.25) is 0 Å². The third-order valence-electron chi connectivity index (χ3n) is 2.82. The maximum Gasteiger partial charge on any atom is 0.216 e. The van der Waals surface area contributed by atoms with Crippen molar-refractivity contribution in [3.63, 3.8) is 0 Å². The van der Waals surface area contributed by atoms with Crippen molar-refractivity contribution in [2.24, 2.45) is 5.73 Å².